The van der Waals surface area contributed by atoms with Gasteiger partial charge < -0.3 is 15.8 Å². The minimum Gasteiger partial charge on any atom is -0.457 e. The zero-order chi connectivity index (χ0) is 16.5. The zero-order valence-corrected chi connectivity index (χ0v) is 12.1. The van der Waals surface area contributed by atoms with Gasteiger partial charge in [-0.05, 0) is 36.4 Å². The number of rotatable bonds is 5. The van der Waals surface area contributed by atoms with Crippen molar-refractivity contribution in [3.05, 3.63) is 66.0 Å². The van der Waals surface area contributed by atoms with Crippen molar-refractivity contribution in [2.24, 2.45) is 10.7 Å². The second kappa shape index (κ2) is 7.87. The molecule has 0 atom stereocenters. The predicted octanol–water partition coefficient (Wildman–Crippen LogP) is 3.14. The number of nitrogens with zero attached hydrogens (tertiary/aromatic N) is 3. The molecule has 0 aliphatic rings. The second-order valence-electron chi connectivity index (χ2n) is 4.33. The van der Waals surface area contributed by atoms with Gasteiger partial charge in [-0.3, -0.25) is 0 Å². The van der Waals surface area contributed by atoms with Crippen molar-refractivity contribution >= 4 is 12.0 Å². The summed E-state index contributed by atoms with van der Waals surface area (Å²) >= 11 is 0. The minimum atomic E-state index is -0.225. The Bertz CT molecular complexity index is 796. The summed E-state index contributed by atoms with van der Waals surface area (Å²) in [4.78, 5) is 3.80. The Morgan fingerprint density at radius 3 is 2.26 bits per heavy atom. The number of para-hydroxylation sites is 1. The lowest BCUT2D eigenvalue weighted by molar-refractivity contribution is 0.483. The number of benzene rings is 2. The average Bonchev–Trinajstić information content (AvgIpc) is 2.60. The lowest BCUT2D eigenvalue weighted by Crippen LogP contribution is -2.00. The summed E-state index contributed by atoms with van der Waals surface area (Å²) in [7, 11) is 0. The highest BCUT2D eigenvalue weighted by Gasteiger charge is 1.99. The van der Waals surface area contributed by atoms with Gasteiger partial charge in [-0.15, -0.1) is 0 Å². The van der Waals surface area contributed by atoms with E-state index in [1.54, 1.807) is 36.4 Å². The SMILES string of the molecule is N#C/C(N)=C(\C#N)N=CNc1ccc(Oc2ccccc2)cc1. The predicted molar refractivity (Wildman–Crippen MR) is 87.5 cm³/mol. The largest absolute Gasteiger partial charge is 0.457 e. The van der Waals surface area contributed by atoms with Crippen LogP contribution in [0.15, 0.2) is 71.0 Å². The van der Waals surface area contributed by atoms with Crippen LogP contribution in [0.5, 0.6) is 11.5 Å². The first-order valence-electron chi connectivity index (χ1n) is 6.65. The van der Waals surface area contributed by atoms with Crippen LogP contribution < -0.4 is 15.8 Å². The second-order valence-corrected chi connectivity index (χ2v) is 4.33. The molecule has 0 amide bonds. The summed E-state index contributed by atoms with van der Waals surface area (Å²) in [6, 6.07) is 20.1. The number of allylic oxidation sites excluding steroid dienone is 2. The van der Waals surface area contributed by atoms with Crippen LogP contribution in [0.2, 0.25) is 0 Å². The van der Waals surface area contributed by atoms with Gasteiger partial charge in [-0.25, -0.2) is 4.99 Å². The van der Waals surface area contributed by atoms with Gasteiger partial charge in [0, 0.05) is 5.69 Å². The molecule has 2 aromatic carbocycles. The molecule has 0 fully saturated rings. The quantitative estimate of drug-likeness (QED) is 0.501. The number of anilines is 1. The molecule has 0 heterocycles. The number of hydrogen-bond donors (Lipinski definition) is 2. The van der Waals surface area contributed by atoms with Crippen molar-refractivity contribution in [2.75, 3.05) is 5.32 Å². The molecule has 0 spiro atoms. The van der Waals surface area contributed by atoms with E-state index < -0.39 is 0 Å². The maximum atomic E-state index is 8.80. The molecule has 6 heteroatoms. The lowest BCUT2D eigenvalue weighted by atomic mass is 10.3. The van der Waals surface area contributed by atoms with Crippen molar-refractivity contribution in [1.82, 2.24) is 0 Å². The third-order valence-electron chi connectivity index (χ3n) is 2.74. The fourth-order valence-corrected chi connectivity index (χ4v) is 1.63. The number of hydrogen-bond acceptors (Lipinski definition) is 5. The summed E-state index contributed by atoms with van der Waals surface area (Å²) in [6.45, 7) is 0. The maximum absolute atomic E-state index is 8.80. The van der Waals surface area contributed by atoms with Crippen molar-refractivity contribution in [1.29, 1.82) is 10.5 Å². The normalized spacial score (nSPS) is 11.2. The molecule has 0 bridgehead atoms. The first-order chi connectivity index (χ1) is 11.2. The molecule has 0 aliphatic heterocycles. The highest BCUT2D eigenvalue weighted by atomic mass is 16.5. The van der Waals surface area contributed by atoms with E-state index in [4.69, 9.17) is 21.0 Å². The molecule has 0 saturated heterocycles. The Balaban J connectivity index is 1.98. The monoisotopic (exact) mass is 303 g/mol. The minimum absolute atomic E-state index is 0.135. The standard InChI is InChI=1S/C17H13N5O/c18-10-16(20)17(11-19)22-12-21-13-6-8-15(9-7-13)23-14-4-2-1-3-5-14/h1-9,12H,20H2,(H,21,22)/b17-16-. The van der Waals surface area contributed by atoms with Gasteiger partial charge in [0.25, 0.3) is 0 Å². The number of ether oxygens (including phenoxy) is 1. The molecular formula is C17H13N5O. The van der Waals surface area contributed by atoms with Crippen molar-refractivity contribution in [3.63, 3.8) is 0 Å². The molecular weight excluding hydrogens is 290 g/mol. The van der Waals surface area contributed by atoms with E-state index >= 15 is 0 Å². The van der Waals surface area contributed by atoms with Crippen LogP contribution >= 0.6 is 0 Å². The van der Waals surface area contributed by atoms with Crippen molar-refractivity contribution in [3.8, 4) is 23.6 Å². The average molecular weight is 303 g/mol. The summed E-state index contributed by atoms with van der Waals surface area (Å²) < 4.78 is 5.67. The summed E-state index contributed by atoms with van der Waals surface area (Å²) in [5, 5.41) is 20.3. The van der Waals surface area contributed by atoms with Gasteiger partial charge in [0.2, 0.25) is 0 Å². The van der Waals surface area contributed by atoms with E-state index in [-0.39, 0.29) is 11.4 Å². The Labute approximate surface area is 133 Å². The third-order valence-corrected chi connectivity index (χ3v) is 2.74. The molecule has 0 aliphatic carbocycles. The Kier molecular flexibility index (Phi) is 5.34. The Morgan fingerprint density at radius 2 is 1.65 bits per heavy atom. The van der Waals surface area contributed by atoms with E-state index in [2.05, 4.69) is 10.3 Å². The number of nitrogens with one attached hydrogen (secondary N) is 1. The summed E-state index contributed by atoms with van der Waals surface area (Å²) in [6.07, 6.45) is 1.30. The Hall–Kier alpha value is -3.77. The van der Waals surface area contributed by atoms with Gasteiger partial charge in [-0.1, -0.05) is 18.2 Å². The van der Waals surface area contributed by atoms with Crippen LogP contribution in [-0.4, -0.2) is 6.34 Å². The zero-order valence-electron chi connectivity index (χ0n) is 12.1. The molecule has 0 radical (unpaired) electrons. The van der Waals surface area contributed by atoms with Gasteiger partial charge in [0.15, 0.2) is 5.70 Å². The maximum Gasteiger partial charge on any atom is 0.175 e. The van der Waals surface area contributed by atoms with E-state index in [0.29, 0.717) is 5.75 Å². The molecule has 112 valence electrons. The van der Waals surface area contributed by atoms with Crippen LogP contribution in [0.25, 0.3) is 0 Å². The molecule has 3 N–H and O–H groups in total. The summed E-state index contributed by atoms with van der Waals surface area (Å²) in [5.41, 5.74) is 5.73. The van der Waals surface area contributed by atoms with Crippen molar-refractivity contribution in [2.45, 2.75) is 0 Å². The highest BCUT2D eigenvalue weighted by Crippen LogP contribution is 2.22. The molecule has 0 saturated carbocycles. The summed E-state index contributed by atoms with van der Waals surface area (Å²) in [5.74, 6) is 1.45. The fourth-order valence-electron chi connectivity index (χ4n) is 1.63. The highest BCUT2D eigenvalue weighted by molar-refractivity contribution is 5.77. The van der Waals surface area contributed by atoms with E-state index in [9.17, 15) is 0 Å². The molecule has 2 aromatic rings. The van der Waals surface area contributed by atoms with E-state index in [1.165, 1.54) is 6.34 Å². The first-order valence-corrected chi connectivity index (χ1v) is 6.65. The first kappa shape index (κ1) is 15.6. The molecule has 0 aromatic heterocycles. The third kappa shape index (κ3) is 4.62. The van der Waals surface area contributed by atoms with Crippen LogP contribution in [0.1, 0.15) is 0 Å². The molecule has 2 rings (SSSR count). The van der Waals surface area contributed by atoms with Gasteiger partial charge in [-0.2, -0.15) is 10.5 Å². The number of aliphatic imine (C=N–C) groups is 1. The topological polar surface area (TPSA) is 107 Å². The van der Waals surface area contributed by atoms with Gasteiger partial charge >= 0.3 is 0 Å². The van der Waals surface area contributed by atoms with Crippen LogP contribution in [0.3, 0.4) is 0 Å². The lowest BCUT2D eigenvalue weighted by Gasteiger charge is -2.06. The smallest absolute Gasteiger partial charge is 0.175 e. The molecule has 0 unspecified atom stereocenters. The molecule has 23 heavy (non-hydrogen) atoms. The van der Waals surface area contributed by atoms with Gasteiger partial charge in [0.05, 0.1) is 6.34 Å². The van der Waals surface area contributed by atoms with E-state index in [0.717, 1.165) is 11.4 Å². The Morgan fingerprint density at radius 1 is 1.00 bits per heavy atom. The van der Waals surface area contributed by atoms with Gasteiger partial charge in [0.1, 0.15) is 29.3 Å². The fraction of sp³-hybridized carbons (Fsp3) is 0. The number of nitriles is 2. The van der Waals surface area contributed by atoms with Crippen LogP contribution in [0, 0.1) is 22.7 Å². The van der Waals surface area contributed by atoms with Crippen molar-refractivity contribution < 1.29 is 4.74 Å². The van der Waals surface area contributed by atoms with Crippen LogP contribution in [-0.2, 0) is 0 Å². The van der Waals surface area contributed by atoms with E-state index in [1.807, 2.05) is 30.3 Å². The molecule has 6 nitrogen and oxygen atoms in total. The number of nitrogens with two attached hydrogens (primary N) is 1. The van der Waals surface area contributed by atoms with Crippen LogP contribution in [0.4, 0.5) is 5.69 Å².